The molecular weight excluding hydrogens is 371 g/mol. The summed E-state index contributed by atoms with van der Waals surface area (Å²) in [6.07, 6.45) is -7.26. The largest absolute Gasteiger partial charge is 0.458 e. The molecule has 4 nitrogen and oxygen atoms in total. The molecule has 2 aromatic rings. The third-order valence-corrected chi connectivity index (χ3v) is 4.16. The second kappa shape index (κ2) is 6.41. The molecule has 3 rings (SSSR count). The van der Waals surface area contributed by atoms with Crippen LogP contribution in [-0.2, 0) is 0 Å². The minimum Gasteiger partial charge on any atom is -0.364 e. The number of hydrazone groups is 1. The first-order valence-corrected chi connectivity index (χ1v) is 7.77. The molecule has 0 saturated carbocycles. The molecule has 0 fully saturated rings. The fourth-order valence-electron chi connectivity index (χ4n) is 2.72. The van der Waals surface area contributed by atoms with Crippen molar-refractivity contribution in [2.45, 2.75) is 24.2 Å². The third kappa shape index (κ3) is 3.08. The van der Waals surface area contributed by atoms with E-state index in [0.29, 0.717) is 0 Å². The summed E-state index contributed by atoms with van der Waals surface area (Å²) in [4.78, 5) is 12.6. The van der Waals surface area contributed by atoms with E-state index in [2.05, 4.69) is 5.10 Å². The average Bonchev–Trinajstić information content (AvgIpc) is 3.01. The fraction of sp³-hybridized carbons (Fsp3) is 0.222. The number of aliphatic hydroxyl groups is 1. The van der Waals surface area contributed by atoms with E-state index in [9.17, 15) is 31.9 Å². The van der Waals surface area contributed by atoms with Crippen molar-refractivity contribution in [1.82, 2.24) is 5.01 Å². The summed E-state index contributed by atoms with van der Waals surface area (Å²) in [6.45, 7) is 0. The second-order valence-electron chi connectivity index (χ2n) is 5.96. The molecule has 0 saturated heterocycles. The van der Waals surface area contributed by atoms with Gasteiger partial charge in [0.2, 0.25) is 5.72 Å². The Kier molecular flexibility index (Phi) is 4.51. The normalized spacial score (nSPS) is 20.5. The fourth-order valence-corrected chi connectivity index (χ4v) is 2.72. The number of benzene rings is 2. The molecule has 9 heteroatoms. The first kappa shape index (κ1) is 19.0. The van der Waals surface area contributed by atoms with Gasteiger partial charge in [-0.1, -0.05) is 48.5 Å². The van der Waals surface area contributed by atoms with E-state index in [4.69, 9.17) is 0 Å². The van der Waals surface area contributed by atoms with Crippen molar-refractivity contribution in [2.75, 3.05) is 0 Å². The molecule has 2 aromatic carbocycles. The van der Waals surface area contributed by atoms with Crippen LogP contribution in [0.5, 0.6) is 0 Å². The van der Waals surface area contributed by atoms with Crippen LogP contribution in [0, 0.1) is 0 Å². The molecule has 27 heavy (non-hydrogen) atoms. The topological polar surface area (TPSA) is 52.9 Å². The maximum atomic E-state index is 14.2. The molecule has 0 bridgehead atoms. The summed E-state index contributed by atoms with van der Waals surface area (Å²) in [5, 5.41) is 13.9. The van der Waals surface area contributed by atoms with Gasteiger partial charge in [0.05, 0.1) is 5.71 Å². The predicted octanol–water partition coefficient (Wildman–Crippen LogP) is 3.82. The number of nitrogens with zero attached hydrogens (tertiary/aromatic N) is 2. The average molecular weight is 384 g/mol. The second-order valence-corrected chi connectivity index (χ2v) is 5.96. The number of carbonyl (C=O) groups excluding carboxylic acids is 1. The van der Waals surface area contributed by atoms with Crippen molar-refractivity contribution in [3.63, 3.8) is 0 Å². The van der Waals surface area contributed by atoms with Gasteiger partial charge in [0.1, 0.15) is 0 Å². The molecule has 0 spiro atoms. The van der Waals surface area contributed by atoms with E-state index in [1.807, 2.05) is 0 Å². The number of hydrogen-bond donors (Lipinski definition) is 1. The molecule has 1 heterocycles. The van der Waals surface area contributed by atoms with Crippen LogP contribution in [0.15, 0.2) is 65.8 Å². The molecule has 1 N–H and O–H groups in total. The van der Waals surface area contributed by atoms with Crippen LogP contribution in [0.1, 0.15) is 22.3 Å². The first-order valence-electron chi connectivity index (χ1n) is 7.77. The Bertz CT molecular complexity index is 868. The van der Waals surface area contributed by atoms with Gasteiger partial charge in [-0.25, -0.2) is 0 Å². The van der Waals surface area contributed by atoms with Gasteiger partial charge in [0.25, 0.3) is 5.91 Å². The summed E-state index contributed by atoms with van der Waals surface area (Å²) in [6, 6.07) is 14.3. The van der Waals surface area contributed by atoms with Gasteiger partial charge >= 0.3 is 12.1 Å². The van der Waals surface area contributed by atoms with Crippen molar-refractivity contribution < 1.29 is 31.9 Å². The Hall–Kier alpha value is -2.81. The lowest BCUT2D eigenvalue weighted by atomic mass is 9.95. The Labute approximate surface area is 150 Å². The number of carbonyl (C=O) groups is 1. The molecule has 1 atom stereocenters. The molecular formula is C18H13F5N2O2. The maximum absolute atomic E-state index is 14.2. The van der Waals surface area contributed by atoms with Gasteiger partial charge in [-0.3, -0.25) is 4.79 Å². The van der Waals surface area contributed by atoms with E-state index in [0.717, 1.165) is 0 Å². The van der Waals surface area contributed by atoms with E-state index in [1.54, 1.807) is 6.07 Å². The molecule has 0 unspecified atom stereocenters. The smallest absolute Gasteiger partial charge is 0.364 e. The monoisotopic (exact) mass is 384 g/mol. The van der Waals surface area contributed by atoms with Crippen LogP contribution in [0.4, 0.5) is 22.0 Å². The summed E-state index contributed by atoms with van der Waals surface area (Å²) in [5.41, 5.74) is -4.11. The summed E-state index contributed by atoms with van der Waals surface area (Å²) < 4.78 is 67.4. The summed E-state index contributed by atoms with van der Waals surface area (Å²) in [7, 11) is 0. The first-order chi connectivity index (χ1) is 12.6. The minimum atomic E-state index is -6.08. The molecule has 1 amide bonds. The van der Waals surface area contributed by atoms with Crippen molar-refractivity contribution in [1.29, 1.82) is 0 Å². The van der Waals surface area contributed by atoms with Gasteiger partial charge in [0, 0.05) is 12.0 Å². The zero-order chi connectivity index (χ0) is 19.9. The Morgan fingerprint density at radius 2 is 1.48 bits per heavy atom. The van der Waals surface area contributed by atoms with Gasteiger partial charge in [-0.05, 0) is 17.7 Å². The predicted molar refractivity (Wildman–Crippen MR) is 86.2 cm³/mol. The highest BCUT2D eigenvalue weighted by Crippen LogP contribution is 2.49. The van der Waals surface area contributed by atoms with Crippen LogP contribution < -0.4 is 0 Å². The summed E-state index contributed by atoms with van der Waals surface area (Å²) in [5.74, 6) is -6.88. The minimum absolute atomic E-state index is 0.168. The van der Waals surface area contributed by atoms with E-state index < -0.39 is 30.2 Å². The van der Waals surface area contributed by atoms with Gasteiger partial charge in [-0.2, -0.15) is 32.1 Å². The van der Waals surface area contributed by atoms with E-state index >= 15 is 0 Å². The van der Waals surface area contributed by atoms with Crippen molar-refractivity contribution in [2.24, 2.45) is 5.10 Å². The standard InChI is InChI=1S/C18H13F5N2O2/c19-17(20,18(21,22)23)16(27)11-14(12-7-3-1-4-8-12)24-25(16)15(26)13-9-5-2-6-10-13/h1-10,27H,11H2/t16-/m1/s1. The van der Waals surface area contributed by atoms with Crippen LogP contribution in [0.3, 0.4) is 0 Å². The third-order valence-electron chi connectivity index (χ3n) is 4.16. The molecule has 1 aliphatic rings. The quantitative estimate of drug-likeness (QED) is 0.818. The van der Waals surface area contributed by atoms with Crippen LogP contribution in [0.2, 0.25) is 0 Å². The van der Waals surface area contributed by atoms with E-state index in [-0.39, 0.29) is 21.8 Å². The Morgan fingerprint density at radius 1 is 0.963 bits per heavy atom. The highest BCUT2D eigenvalue weighted by atomic mass is 19.4. The number of hydrogen-bond acceptors (Lipinski definition) is 3. The van der Waals surface area contributed by atoms with E-state index in [1.165, 1.54) is 54.6 Å². The Balaban J connectivity index is 2.11. The number of alkyl halides is 5. The molecule has 142 valence electrons. The number of halogens is 5. The van der Waals surface area contributed by atoms with Crippen LogP contribution in [0.25, 0.3) is 0 Å². The number of rotatable bonds is 3. The van der Waals surface area contributed by atoms with Gasteiger partial charge in [-0.15, -0.1) is 0 Å². The zero-order valence-electron chi connectivity index (χ0n) is 13.6. The maximum Gasteiger partial charge on any atom is 0.458 e. The highest BCUT2D eigenvalue weighted by Gasteiger charge is 2.75. The van der Waals surface area contributed by atoms with Gasteiger partial charge in [0.15, 0.2) is 0 Å². The molecule has 0 aliphatic carbocycles. The molecule has 0 aromatic heterocycles. The Morgan fingerprint density at radius 3 is 2.00 bits per heavy atom. The molecule has 1 aliphatic heterocycles. The van der Waals surface area contributed by atoms with Gasteiger partial charge < -0.3 is 5.11 Å². The van der Waals surface area contributed by atoms with Crippen LogP contribution in [-0.4, -0.2) is 39.6 Å². The van der Waals surface area contributed by atoms with Crippen molar-refractivity contribution in [3.05, 3.63) is 71.8 Å². The lowest BCUT2D eigenvalue weighted by molar-refractivity contribution is -0.362. The van der Waals surface area contributed by atoms with Crippen molar-refractivity contribution >= 4 is 11.6 Å². The van der Waals surface area contributed by atoms with Crippen LogP contribution >= 0.6 is 0 Å². The highest BCUT2D eigenvalue weighted by molar-refractivity contribution is 6.05. The SMILES string of the molecule is O=C(c1ccccc1)N1N=C(c2ccccc2)C[C@@]1(O)C(F)(F)C(F)(F)F. The summed E-state index contributed by atoms with van der Waals surface area (Å²) >= 11 is 0. The number of amides is 1. The lowest BCUT2D eigenvalue weighted by Gasteiger charge is -2.38. The lowest BCUT2D eigenvalue weighted by Crippen LogP contribution is -2.64. The van der Waals surface area contributed by atoms with Crippen molar-refractivity contribution in [3.8, 4) is 0 Å². The zero-order valence-corrected chi connectivity index (χ0v) is 13.6. The molecule has 0 radical (unpaired) electrons.